The molecule has 2 N–H and O–H groups in total. The number of benzene rings is 1. The molecule has 0 aliphatic carbocycles. The molecular formula is C18H23FN4O. The molecule has 5 nitrogen and oxygen atoms in total. The number of aliphatic imine (C=N–C) groups is 1. The van der Waals surface area contributed by atoms with Crippen molar-refractivity contribution < 1.29 is 9.13 Å². The number of halogens is 1. The zero-order chi connectivity index (χ0) is 17.4. The summed E-state index contributed by atoms with van der Waals surface area (Å²) in [6.45, 7) is 5.26. The fourth-order valence-corrected chi connectivity index (χ4v) is 2.16. The van der Waals surface area contributed by atoms with Crippen molar-refractivity contribution in [2.24, 2.45) is 4.99 Å². The number of nitrogens with one attached hydrogen (secondary N) is 2. The Morgan fingerprint density at radius 1 is 1.25 bits per heavy atom. The van der Waals surface area contributed by atoms with E-state index in [2.05, 4.69) is 20.6 Å². The van der Waals surface area contributed by atoms with E-state index in [9.17, 15) is 4.39 Å². The van der Waals surface area contributed by atoms with Crippen molar-refractivity contribution in [1.29, 1.82) is 0 Å². The highest BCUT2D eigenvalue weighted by Gasteiger charge is 2.06. The number of rotatable bonds is 6. The molecule has 1 heterocycles. The van der Waals surface area contributed by atoms with Crippen LogP contribution in [0.1, 0.15) is 23.6 Å². The van der Waals surface area contributed by atoms with Gasteiger partial charge >= 0.3 is 0 Å². The SMILES string of the molecule is CCOc1ncccc1CNC(=NC)NCc1ccc(C)c(F)c1. The third-order valence-corrected chi connectivity index (χ3v) is 3.50. The smallest absolute Gasteiger partial charge is 0.218 e. The first kappa shape index (κ1) is 17.7. The molecule has 0 spiro atoms. The van der Waals surface area contributed by atoms with Crippen LogP contribution in [-0.4, -0.2) is 24.6 Å². The summed E-state index contributed by atoms with van der Waals surface area (Å²) in [5, 5.41) is 6.37. The van der Waals surface area contributed by atoms with Gasteiger partial charge in [0.05, 0.1) is 6.61 Å². The highest BCUT2D eigenvalue weighted by Crippen LogP contribution is 2.13. The zero-order valence-electron chi connectivity index (χ0n) is 14.3. The lowest BCUT2D eigenvalue weighted by atomic mass is 10.1. The molecule has 24 heavy (non-hydrogen) atoms. The van der Waals surface area contributed by atoms with Gasteiger partial charge in [-0.15, -0.1) is 0 Å². The Labute approximate surface area is 142 Å². The van der Waals surface area contributed by atoms with Crippen molar-refractivity contribution in [3.63, 3.8) is 0 Å². The maximum absolute atomic E-state index is 13.6. The first-order valence-corrected chi connectivity index (χ1v) is 7.90. The molecule has 1 aromatic carbocycles. The highest BCUT2D eigenvalue weighted by atomic mass is 19.1. The number of guanidine groups is 1. The number of aryl methyl sites for hydroxylation is 1. The van der Waals surface area contributed by atoms with Gasteiger partial charge in [-0.3, -0.25) is 4.99 Å². The standard InChI is InChI=1S/C18H23FN4O/c1-4-24-17-15(6-5-9-21-17)12-23-18(20-3)22-11-14-8-7-13(2)16(19)10-14/h5-10H,4,11-12H2,1-3H3,(H2,20,22,23). The van der Waals surface area contributed by atoms with E-state index in [0.29, 0.717) is 37.1 Å². The summed E-state index contributed by atoms with van der Waals surface area (Å²) in [4.78, 5) is 8.39. The molecule has 2 aromatic rings. The Bertz CT molecular complexity index is 703. The van der Waals surface area contributed by atoms with Crippen molar-refractivity contribution >= 4 is 5.96 Å². The summed E-state index contributed by atoms with van der Waals surface area (Å²) in [5.74, 6) is 1.04. The molecule has 0 amide bonds. The molecule has 1 aromatic heterocycles. The van der Waals surface area contributed by atoms with Gasteiger partial charge in [-0.1, -0.05) is 18.2 Å². The minimum atomic E-state index is -0.200. The minimum absolute atomic E-state index is 0.200. The molecule has 0 saturated carbocycles. The van der Waals surface area contributed by atoms with Crippen LogP contribution in [0.25, 0.3) is 0 Å². The monoisotopic (exact) mass is 330 g/mol. The molecule has 0 unspecified atom stereocenters. The van der Waals surface area contributed by atoms with Crippen LogP contribution in [-0.2, 0) is 13.1 Å². The van der Waals surface area contributed by atoms with Gasteiger partial charge in [0.15, 0.2) is 5.96 Å². The zero-order valence-corrected chi connectivity index (χ0v) is 14.3. The van der Waals surface area contributed by atoms with Crippen LogP contribution in [0.4, 0.5) is 4.39 Å². The van der Waals surface area contributed by atoms with Gasteiger partial charge in [0.2, 0.25) is 5.88 Å². The average Bonchev–Trinajstić information content (AvgIpc) is 2.59. The molecule has 0 aliphatic heterocycles. The van der Waals surface area contributed by atoms with E-state index in [1.54, 1.807) is 26.2 Å². The molecule has 0 radical (unpaired) electrons. The number of pyridine rings is 1. The van der Waals surface area contributed by atoms with Crippen molar-refractivity contribution in [2.75, 3.05) is 13.7 Å². The van der Waals surface area contributed by atoms with Gasteiger partial charge in [0.25, 0.3) is 0 Å². The van der Waals surface area contributed by atoms with Crippen LogP contribution in [0.3, 0.4) is 0 Å². The van der Waals surface area contributed by atoms with E-state index in [1.165, 1.54) is 6.07 Å². The van der Waals surface area contributed by atoms with Crippen LogP contribution in [0, 0.1) is 12.7 Å². The van der Waals surface area contributed by atoms with Crippen LogP contribution >= 0.6 is 0 Å². The van der Waals surface area contributed by atoms with Crippen LogP contribution in [0.5, 0.6) is 5.88 Å². The molecule has 0 saturated heterocycles. The van der Waals surface area contributed by atoms with Crippen molar-refractivity contribution in [1.82, 2.24) is 15.6 Å². The van der Waals surface area contributed by atoms with E-state index < -0.39 is 0 Å². The Hall–Kier alpha value is -2.63. The second kappa shape index (κ2) is 8.86. The lowest BCUT2D eigenvalue weighted by Crippen LogP contribution is -2.36. The van der Waals surface area contributed by atoms with Crippen LogP contribution in [0.15, 0.2) is 41.5 Å². The maximum atomic E-state index is 13.6. The molecule has 2 rings (SSSR count). The van der Waals surface area contributed by atoms with Crippen molar-refractivity contribution in [3.8, 4) is 5.88 Å². The van der Waals surface area contributed by atoms with E-state index in [1.807, 2.05) is 25.1 Å². The molecule has 0 atom stereocenters. The molecular weight excluding hydrogens is 307 g/mol. The van der Waals surface area contributed by atoms with Gasteiger partial charge in [0, 0.05) is 31.9 Å². The Balaban J connectivity index is 1.92. The van der Waals surface area contributed by atoms with E-state index in [4.69, 9.17) is 4.74 Å². The fourth-order valence-electron chi connectivity index (χ4n) is 2.16. The number of hydrogen-bond acceptors (Lipinski definition) is 3. The molecule has 6 heteroatoms. The first-order chi connectivity index (χ1) is 11.6. The molecule has 0 bridgehead atoms. The normalized spacial score (nSPS) is 11.2. The van der Waals surface area contributed by atoms with E-state index >= 15 is 0 Å². The third-order valence-electron chi connectivity index (χ3n) is 3.50. The summed E-state index contributed by atoms with van der Waals surface area (Å²) in [5.41, 5.74) is 2.45. The third kappa shape index (κ3) is 4.94. The first-order valence-electron chi connectivity index (χ1n) is 7.90. The Morgan fingerprint density at radius 2 is 2.04 bits per heavy atom. The van der Waals surface area contributed by atoms with Gasteiger partial charge in [-0.05, 0) is 37.1 Å². The van der Waals surface area contributed by atoms with Crippen LogP contribution < -0.4 is 15.4 Å². The predicted molar refractivity (Wildman–Crippen MR) is 93.6 cm³/mol. The second-order valence-electron chi connectivity index (χ2n) is 5.26. The van der Waals surface area contributed by atoms with Crippen molar-refractivity contribution in [3.05, 3.63) is 59.0 Å². The van der Waals surface area contributed by atoms with Crippen molar-refractivity contribution in [2.45, 2.75) is 26.9 Å². The minimum Gasteiger partial charge on any atom is -0.478 e. The average molecular weight is 330 g/mol. The summed E-state index contributed by atoms with van der Waals surface area (Å²) < 4.78 is 19.1. The molecule has 0 aliphatic rings. The number of aromatic nitrogens is 1. The highest BCUT2D eigenvalue weighted by molar-refractivity contribution is 5.79. The molecule has 128 valence electrons. The summed E-state index contributed by atoms with van der Waals surface area (Å²) in [6.07, 6.45) is 1.70. The lowest BCUT2D eigenvalue weighted by molar-refractivity contribution is 0.322. The Kier molecular flexibility index (Phi) is 6.54. The van der Waals surface area contributed by atoms with Gasteiger partial charge in [-0.2, -0.15) is 0 Å². The summed E-state index contributed by atoms with van der Waals surface area (Å²) in [6, 6.07) is 9.02. The molecule has 0 fully saturated rings. The number of hydrogen-bond donors (Lipinski definition) is 2. The maximum Gasteiger partial charge on any atom is 0.218 e. The second-order valence-corrected chi connectivity index (χ2v) is 5.26. The summed E-state index contributed by atoms with van der Waals surface area (Å²) in [7, 11) is 1.69. The van der Waals surface area contributed by atoms with E-state index in [0.717, 1.165) is 11.1 Å². The summed E-state index contributed by atoms with van der Waals surface area (Å²) >= 11 is 0. The lowest BCUT2D eigenvalue weighted by Gasteiger charge is -2.14. The predicted octanol–water partition coefficient (Wildman–Crippen LogP) is 2.79. The fraction of sp³-hybridized carbons (Fsp3) is 0.333. The number of nitrogens with zero attached hydrogens (tertiary/aromatic N) is 2. The quantitative estimate of drug-likeness (QED) is 0.632. The largest absolute Gasteiger partial charge is 0.478 e. The van der Waals surface area contributed by atoms with E-state index in [-0.39, 0.29) is 5.82 Å². The van der Waals surface area contributed by atoms with Crippen LogP contribution in [0.2, 0.25) is 0 Å². The van der Waals surface area contributed by atoms with Gasteiger partial charge in [-0.25, -0.2) is 9.37 Å². The van der Waals surface area contributed by atoms with Gasteiger partial charge < -0.3 is 15.4 Å². The Morgan fingerprint density at radius 3 is 2.75 bits per heavy atom. The topological polar surface area (TPSA) is 58.5 Å². The van der Waals surface area contributed by atoms with Gasteiger partial charge in [0.1, 0.15) is 5.82 Å². The number of ether oxygens (including phenoxy) is 1.